The van der Waals surface area contributed by atoms with Gasteiger partial charge in [0.15, 0.2) is 0 Å². The molecule has 18 heavy (non-hydrogen) atoms. The molecule has 0 aliphatic carbocycles. The highest BCUT2D eigenvalue weighted by Gasteiger charge is 2.11. The molecule has 1 unspecified atom stereocenters. The predicted octanol–water partition coefficient (Wildman–Crippen LogP) is 2.06. The van der Waals surface area contributed by atoms with E-state index in [0.717, 1.165) is 23.6 Å². The number of aliphatic hydroxyl groups is 1. The molecular weight excluding hydrogens is 228 g/mol. The summed E-state index contributed by atoms with van der Waals surface area (Å²) in [5.74, 6) is 2.29. The topological polar surface area (TPSA) is 84.1 Å². The third kappa shape index (κ3) is 3.84. The lowest BCUT2D eigenvalue weighted by Crippen LogP contribution is -2.15. The maximum atomic E-state index is 9.51. The molecule has 0 aromatic carbocycles. The van der Waals surface area contributed by atoms with E-state index in [0.29, 0.717) is 18.8 Å². The van der Waals surface area contributed by atoms with Crippen molar-refractivity contribution in [2.45, 2.75) is 52.6 Å². The molecule has 0 aliphatic rings. The molecule has 5 heteroatoms. The number of aliphatic hydroxyl groups excluding tert-OH is 1. The minimum absolute atomic E-state index is 0.245. The summed E-state index contributed by atoms with van der Waals surface area (Å²) in [6.07, 6.45) is 1.21. The van der Waals surface area contributed by atoms with Gasteiger partial charge in [-0.15, -0.1) is 0 Å². The molecule has 4 N–H and O–H groups in total. The molecule has 0 amide bonds. The van der Waals surface area contributed by atoms with E-state index in [-0.39, 0.29) is 12.0 Å². The van der Waals surface area contributed by atoms with Crippen molar-refractivity contribution < 1.29 is 5.11 Å². The molecule has 0 bridgehead atoms. The Balaban J connectivity index is 2.75. The van der Waals surface area contributed by atoms with E-state index in [1.165, 1.54) is 0 Å². The van der Waals surface area contributed by atoms with Gasteiger partial charge in [0.05, 0.1) is 6.10 Å². The van der Waals surface area contributed by atoms with Gasteiger partial charge in [0.25, 0.3) is 0 Å². The highest BCUT2D eigenvalue weighted by Crippen LogP contribution is 2.20. The molecule has 1 aromatic heterocycles. The van der Waals surface area contributed by atoms with Gasteiger partial charge in [-0.2, -0.15) is 0 Å². The SMILES string of the molecule is CCC(O)CCNc1nc(C(C)C)nc(N)c1C. The monoisotopic (exact) mass is 252 g/mol. The lowest BCUT2D eigenvalue weighted by atomic mass is 10.2. The number of nitrogen functional groups attached to an aromatic ring is 1. The Kier molecular flexibility index (Phi) is 5.34. The first kappa shape index (κ1) is 14.7. The number of anilines is 2. The Hall–Kier alpha value is -1.36. The fourth-order valence-electron chi connectivity index (χ4n) is 1.54. The van der Waals surface area contributed by atoms with Crippen LogP contribution < -0.4 is 11.1 Å². The first-order chi connectivity index (χ1) is 8.45. The van der Waals surface area contributed by atoms with Gasteiger partial charge in [-0.05, 0) is 19.8 Å². The van der Waals surface area contributed by atoms with Crippen molar-refractivity contribution in [1.82, 2.24) is 9.97 Å². The molecule has 1 rings (SSSR count). The quantitative estimate of drug-likeness (QED) is 0.721. The van der Waals surface area contributed by atoms with E-state index >= 15 is 0 Å². The average Bonchev–Trinajstić information content (AvgIpc) is 2.33. The summed E-state index contributed by atoms with van der Waals surface area (Å²) in [6, 6.07) is 0. The summed E-state index contributed by atoms with van der Waals surface area (Å²) in [5, 5.41) is 12.7. The van der Waals surface area contributed by atoms with E-state index in [9.17, 15) is 5.11 Å². The minimum atomic E-state index is -0.262. The minimum Gasteiger partial charge on any atom is -0.393 e. The highest BCUT2D eigenvalue weighted by atomic mass is 16.3. The number of aromatic nitrogens is 2. The van der Waals surface area contributed by atoms with E-state index < -0.39 is 0 Å². The van der Waals surface area contributed by atoms with Gasteiger partial charge in [0.1, 0.15) is 17.5 Å². The zero-order chi connectivity index (χ0) is 13.7. The first-order valence-electron chi connectivity index (χ1n) is 6.51. The molecule has 0 saturated heterocycles. The van der Waals surface area contributed by atoms with Gasteiger partial charge in [0.2, 0.25) is 0 Å². The fourth-order valence-corrected chi connectivity index (χ4v) is 1.54. The second-order valence-electron chi connectivity index (χ2n) is 4.87. The largest absolute Gasteiger partial charge is 0.393 e. The number of hydrogen-bond acceptors (Lipinski definition) is 5. The molecule has 0 radical (unpaired) electrons. The maximum absolute atomic E-state index is 9.51. The molecular formula is C13H24N4O. The van der Waals surface area contributed by atoms with E-state index in [1.807, 2.05) is 27.7 Å². The van der Waals surface area contributed by atoms with Crippen molar-refractivity contribution in [1.29, 1.82) is 0 Å². The number of nitrogens with two attached hydrogens (primary N) is 1. The van der Waals surface area contributed by atoms with Crippen molar-refractivity contribution in [3.05, 3.63) is 11.4 Å². The zero-order valence-electron chi connectivity index (χ0n) is 11.7. The van der Waals surface area contributed by atoms with Crippen molar-refractivity contribution in [2.75, 3.05) is 17.6 Å². The Bertz CT molecular complexity index is 393. The number of rotatable bonds is 6. The molecule has 1 aromatic rings. The molecule has 102 valence electrons. The molecule has 0 spiro atoms. The number of nitrogens with zero attached hydrogens (tertiary/aromatic N) is 2. The van der Waals surface area contributed by atoms with Crippen LogP contribution in [0.3, 0.4) is 0 Å². The molecule has 1 atom stereocenters. The van der Waals surface area contributed by atoms with Gasteiger partial charge >= 0.3 is 0 Å². The second kappa shape index (κ2) is 6.54. The van der Waals surface area contributed by atoms with Crippen molar-refractivity contribution in [3.63, 3.8) is 0 Å². The van der Waals surface area contributed by atoms with Gasteiger partial charge in [-0.1, -0.05) is 20.8 Å². The summed E-state index contributed by atoms with van der Waals surface area (Å²) in [5.41, 5.74) is 6.74. The maximum Gasteiger partial charge on any atom is 0.135 e. The van der Waals surface area contributed by atoms with Gasteiger partial charge < -0.3 is 16.2 Å². The van der Waals surface area contributed by atoms with Crippen molar-refractivity contribution >= 4 is 11.6 Å². The van der Waals surface area contributed by atoms with Crippen LogP contribution in [0, 0.1) is 6.92 Å². The molecule has 0 saturated carbocycles. The Morgan fingerprint density at radius 2 is 2.00 bits per heavy atom. The summed E-state index contributed by atoms with van der Waals surface area (Å²) in [4.78, 5) is 8.74. The predicted molar refractivity (Wildman–Crippen MR) is 74.7 cm³/mol. The average molecular weight is 252 g/mol. The Labute approximate surface area is 109 Å². The summed E-state index contributed by atoms with van der Waals surface area (Å²) < 4.78 is 0. The molecule has 1 heterocycles. The smallest absolute Gasteiger partial charge is 0.135 e. The molecule has 0 aliphatic heterocycles. The van der Waals surface area contributed by atoms with Crippen LogP contribution in [0.15, 0.2) is 0 Å². The van der Waals surface area contributed by atoms with Crippen molar-refractivity contribution in [3.8, 4) is 0 Å². The van der Waals surface area contributed by atoms with Crippen molar-refractivity contribution in [2.24, 2.45) is 0 Å². The van der Waals surface area contributed by atoms with E-state index in [2.05, 4.69) is 15.3 Å². The van der Waals surface area contributed by atoms with E-state index in [1.54, 1.807) is 0 Å². The third-order valence-electron chi connectivity index (χ3n) is 2.96. The van der Waals surface area contributed by atoms with Crippen LogP contribution in [0.2, 0.25) is 0 Å². The molecule has 0 fully saturated rings. The first-order valence-corrected chi connectivity index (χ1v) is 6.51. The van der Waals surface area contributed by atoms with Gasteiger partial charge in [-0.3, -0.25) is 0 Å². The zero-order valence-corrected chi connectivity index (χ0v) is 11.7. The lowest BCUT2D eigenvalue weighted by molar-refractivity contribution is 0.164. The van der Waals surface area contributed by atoms with Crippen LogP contribution >= 0.6 is 0 Å². The standard InChI is InChI=1S/C13H24N4O/c1-5-10(18)6-7-15-13-9(4)11(14)16-12(17-13)8(2)3/h8,10,18H,5-7H2,1-4H3,(H3,14,15,16,17). The Morgan fingerprint density at radius 3 is 2.56 bits per heavy atom. The van der Waals surface area contributed by atoms with Crippen LogP contribution in [0.5, 0.6) is 0 Å². The fraction of sp³-hybridized carbons (Fsp3) is 0.692. The van der Waals surface area contributed by atoms with Gasteiger partial charge in [0, 0.05) is 18.0 Å². The van der Waals surface area contributed by atoms with Gasteiger partial charge in [-0.25, -0.2) is 9.97 Å². The summed E-state index contributed by atoms with van der Waals surface area (Å²) in [6.45, 7) is 8.63. The van der Waals surface area contributed by atoms with Crippen LogP contribution in [0.4, 0.5) is 11.6 Å². The summed E-state index contributed by atoms with van der Waals surface area (Å²) in [7, 11) is 0. The third-order valence-corrected chi connectivity index (χ3v) is 2.96. The van der Waals surface area contributed by atoms with Crippen LogP contribution in [0.25, 0.3) is 0 Å². The second-order valence-corrected chi connectivity index (χ2v) is 4.87. The lowest BCUT2D eigenvalue weighted by Gasteiger charge is -2.14. The Morgan fingerprint density at radius 1 is 1.33 bits per heavy atom. The summed E-state index contributed by atoms with van der Waals surface area (Å²) >= 11 is 0. The number of hydrogen-bond donors (Lipinski definition) is 3. The van der Waals surface area contributed by atoms with Crippen LogP contribution in [0.1, 0.15) is 50.9 Å². The van der Waals surface area contributed by atoms with Crippen LogP contribution in [-0.4, -0.2) is 27.7 Å². The molecule has 5 nitrogen and oxygen atoms in total. The van der Waals surface area contributed by atoms with E-state index in [4.69, 9.17) is 5.73 Å². The van der Waals surface area contributed by atoms with Crippen LogP contribution in [-0.2, 0) is 0 Å². The normalized spacial score (nSPS) is 12.8. The number of nitrogens with one attached hydrogen (secondary N) is 1. The highest BCUT2D eigenvalue weighted by molar-refractivity contribution is 5.54.